The number of rotatable bonds is 1. The molecule has 0 bridgehead atoms. The molecule has 0 aromatic heterocycles. The van der Waals surface area contributed by atoms with E-state index in [0.717, 1.165) is 25.0 Å². The lowest BCUT2D eigenvalue weighted by molar-refractivity contribution is 0.0783. The van der Waals surface area contributed by atoms with Crippen molar-refractivity contribution in [2.24, 2.45) is 0 Å². The van der Waals surface area contributed by atoms with Crippen molar-refractivity contribution in [3.8, 4) is 0 Å². The lowest BCUT2D eigenvalue weighted by atomic mass is 10.1. The summed E-state index contributed by atoms with van der Waals surface area (Å²) in [6, 6.07) is 4.25. The number of benzene rings is 1. The number of amides is 1. The Hall–Kier alpha value is -1.45. The summed E-state index contributed by atoms with van der Waals surface area (Å²) in [5, 5.41) is 0. The SMILES string of the molecule is O=C(c1c(F)c[c]cc1F)N1CCCC1. The molecule has 1 amide bonds. The van der Waals surface area contributed by atoms with E-state index in [9.17, 15) is 13.6 Å². The molecule has 1 radical (unpaired) electrons. The molecule has 15 heavy (non-hydrogen) atoms. The predicted octanol–water partition coefficient (Wildman–Crippen LogP) is 2.00. The Morgan fingerprint density at radius 3 is 2.27 bits per heavy atom. The molecule has 1 aliphatic rings. The minimum absolute atomic E-state index is 0.462. The average Bonchev–Trinajstić information content (AvgIpc) is 2.69. The monoisotopic (exact) mass is 210 g/mol. The molecule has 79 valence electrons. The molecule has 4 heteroatoms. The van der Waals surface area contributed by atoms with E-state index in [0.29, 0.717) is 13.1 Å². The summed E-state index contributed by atoms with van der Waals surface area (Å²) in [7, 11) is 0. The zero-order valence-electron chi connectivity index (χ0n) is 8.09. The van der Waals surface area contributed by atoms with Crippen molar-refractivity contribution in [3.05, 3.63) is 35.4 Å². The van der Waals surface area contributed by atoms with Gasteiger partial charge in [-0.3, -0.25) is 4.79 Å². The normalized spacial score (nSPS) is 15.7. The summed E-state index contributed by atoms with van der Waals surface area (Å²) in [6.45, 7) is 1.16. The van der Waals surface area contributed by atoms with E-state index in [2.05, 4.69) is 6.07 Å². The number of carbonyl (C=O) groups excluding carboxylic acids is 1. The molecular weight excluding hydrogens is 200 g/mol. The largest absolute Gasteiger partial charge is 0.338 e. The van der Waals surface area contributed by atoms with E-state index in [1.165, 1.54) is 4.90 Å². The lowest BCUT2D eigenvalue weighted by Gasteiger charge is -2.15. The molecule has 0 aliphatic carbocycles. The van der Waals surface area contributed by atoms with Crippen LogP contribution < -0.4 is 0 Å². The van der Waals surface area contributed by atoms with Crippen LogP contribution in [0.15, 0.2) is 12.1 Å². The van der Waals surface area contributed by atoms with Crippen molar-refractivity contribution in [1.29, 1.82) is 0 Å². The second-order valence-electron chi connectivity index (χ2n) is 3.53. The summed E-state index contributed by atoms with van der Waals surface area (Å²) in [5.74, 6) is -2.24. The molecular formula is C11H10F2NO. The quantitative estimate of drug-likeness (QED) is 0.694. The van der Waals surface area contributed by atoms with Gasteiger partial charge in [-0.15, -0.1) is 0 Å². The summed E-state index contributed by atoms with van der Waals surface area (Å²) in [4.78, 5) is 13.2. The standard InChI is InChI=1S/C11H10F2NO/c12-8-4-3-5-9(13)10(8)11(15)14-6-1-2-7-14/h4-5H,1-2,6-7H2. The van der Waals surface area contributed by atoms with E-state index in [-0.39, 0.29) is 0 Å². The highest BCUT2D eigenvalue weighted by Crippen LogP contribution is 2.17. The summed E-state index contributed by atoms with van der Waals surface area (Å²) in [6.07, 6.45) is 1.79. The van der Waals surface area contributed by atoms with E-state index < -0.39 is 23.1 Å². The Labute approximate surface area is 86.5 Å². The van der Waals surface area contributed by atoms with Crippen molar-refractivity contribution in [3.63, 3.8) is 0 Å². The summed E-state index contributed by atoms with van der Waals surface area (Å²) < 4.78 is 26.5. The molecule has 1 aliphatic heterocycles. The maximum atomic E-state index is 13.2. The molecule has 0 spiro atoms. The number of nitrogens with zero attached hydrogens (tertiary/aromatic N) is 1. The molecule has 1 aromatic rings. The minimum Gasteiger partial charge on any atom is -0.338 e. The third-order valence-corrected chi connectivity index (χ3v) is 2.50. The van der Waals surface area contributed by atoms with E-state index in [4.69, 9.17) is 0 Å². The van der Waals surface area contributed by atoms with Gasteiger partial charge < -0.3 is 4.90 Å². The van der Waals surface area contributed by atoms with Crippen molar-refractivity contribution in [2.45, 2.75) is 12.8 Å². The molecule has 2 rings (SSSR count). The van der Waals surface area contributed by atoms with Gasteiger partial charge in [-0.25, -0.2) is 8.78 Å². The number of halogens is 2. The Bertz CT molecular complexity index is 366. The van der Waals surface area contributed by atoms with Crippen molar-refractivity contribution in [1.82, 2.24) is 4.90 Å². The van der Waals surface area contributed by atoms with Crippen LogP contribution in [0.2, 0.25) is 0 Å². The zero-order chi connectivity index (χ0) is 10.8. The van der Waals surface area contributed by atoms with Gasteiger partial charge >= 0.3 is 0 Å². The molecule has 0 N–H and O–H groups in total. The smallest absolute Gasteiger partial charge is 0.259 e. The fourth-order valence-corrected chi connectivity index (χ4v) is 1.73. The number of likely N-dealkylation sites (tertiary alicyclic amines) is 1. The molecule has 1 heterocycles. The number of hydrogen-bond acceptors (Lipinski definition) is 1. The minimum atomic E-state index is -0.841. The maximum Gasteiger partial charge on any atom is 0.259 e. The molecule has 0 saturated carbocycles. The van der Waals surface area contributed by atoms with Gasteiger partial charge in [0.05, 0.1) is 0 Å². The first-order valence-electron chi connectivity index (χ1n) is 4.84. The first kappa shape index (κ1) is 10.1. The molecule has 1 fully saturated rings. The van der Waals surface area contributed by atoms with Gasteiger partial charge in [-0.05, 0) is 31.0 Å². The fraction of sp³-hybridized carbons (Fsp3) is 0.364. The molecule has 0 atom stereocenters. The maximum absolute atomic E-state index is 13.2. The van der Waals surface area contributed by atoms with Crippen LogP contribution >= 0.6 is 0 Å². The van der Waals surface area contributed by atoms with Crippen LogP contribution in [0.3, 0.4) is 0 Å². The van der Waals surface area contributed by atoms with Crippen LogP contribution in [0.25, 0.3) is 0 Å². The first-order chi connectivity index (χ1) is 7.20. The van der Waals surface area contributed by atoms with Crippen molar-refractivity contribution >= 4 is 5.91 Å². The third kappa shape index (κ3) is 1.84. The molecule has 1 aromatic carbocycles. The van der Waals surface area contributed by atoms with Crippen LogP contribution in [0.5, 0.6) is 0 Å². The van der Waals surface area contributed by atoms with Gasteiger partial charge in [0.2, 0.25) is 0 Å². The zero-order valence-corrected chi connectivity index (χ0v) is 8.09. The van der Waals surface area contributed by atoms with E-state index in [1.807, 2.05) is 0 Å². The second kappa shape index (κ2) is 3.96. The van der Waals surface area contributed by atoms with E-state index >= 15 is 0 Å². The second-order valence-corrected chi connectivity index (χ2v) is 3.53. The van der Waals surface area contributed by atoms with Crippen molar-refractivity contribution in [2.75, 3.05) is 13.1 Å². The first-order valence-corrected chi connectivity index (χ1v) is 4.84. The highest BCUT2D eigenvalue weighted by molar-refractivity contribution is 5.94. The van der Waals surface area contributed by atoms with Crippen molar-refractivity contribution < 1.29 is 13.6 Å². The highest BCUT2D eigenvalue weighted by Gasteiger charge is 2.24. The Morgan fingerprint density at radius 2 is 1.73 bits per heavy atom. The Morgan fingerprint density at radius 1 is 1.20 bits per heavy atom. The number of hydrogen-bond donors (Lipinski definition) is 0. The lowest BCUT2D eigenvalue weighted by Crippen LogP contribution is -2.29. The van der Waals surface area contributed by atoms with Crippen LogP contribution in [-0.2, 0) is 0 Å². The van der Waals surface area contributed by atoms with Gasteiger partial charge in [0.15, 0.2) is 0 Å². The Kier molecular flexibility index (Phi) is 2.66. The highest BCUT2D eigenvalue weighted by atomic mass is 19.1. The Balaban J connectivity index is 2.32. The number of carbonyl (C=O) groups is 1. The van der Waals surface area contributed by atoms with Crippen LogP contribution in [-0.4, -0.2) is 23.9 Å². The van der Waals surface area contributed by atoms with E-state index in [1.54, 1.807) is 0 Å². The van der Waals surface area contributed by atoms with Crippen LogP contribution in [0, 0.1) is 17.7 Å². The van der Waals surface area contributed by atoms with Crippen LogP contribution in [0.1, 0.15) is 23.2 Å². The van der Waals surface area contributed by atoms with Gasteiger partial charge in [0.1, 0.15) is 17.2 Å². The molecule has 0 unspecified atom stereocenters. The average molecular weight is 210 g/mol. The summed E-state index contributed by atoms with van der Waals surface area (Å²) >= 11 is 0. The van der Waals surface area contributed by atoms with Gasteiger partial charge in [-0.2, -0.15) is 0 Å². The molecule has 1 saturated heterocycles. The third-order valence-electron chi connectivity index (χ3n) is 2.50. The fourth-order valence-electron chi connectivity index (χ4n) is 1.73. The molecule has 2 nitrogen and oxygen atoms in total. The predicted molar refractivity (Wildman–Crippen MR) is 50.3 cm³/mol. The van der Waals surface area contributed by atoms with Crippen LogP contribution in [0.4, 0.5) is 8.78 Å². The topological polar surface area (TPSA) is 20.3 Å². The summed E-state index contributed by atoms with van der Waals surface area (Å²) in [5.41, 5.74) is -0.462. The van der Waals surface area contributed by atoms with Gasteiger partial charge in [0.25, 0.3) is 5.91 Å². The van der Waals surface area contributed by atoms with Gasteiger partial charge in [-0.1, -0.05) is 0 Å². The van der Waals surface area contributed by atoms with Gasteiger partial charge in [0, 0.05) is 13.1 Å².